The van der Waals surface area contributed by atoms with Gasteiger partial charge in [0, 0.05) is 18.2 Å². The van der Waals surface area contributed by atoms with Crippen LogP contribution in [0.25, 0.3) is 11.4 Å². The molecule has 8 nitrogen and oxygen atoms in total. The lowest BCUT2D eigenvalue weighted by Gasteiger charge is -1.98. The summed E-state index contributed by atoms with van der Waals surface area (Å²) in [4.78, 5) is 25.9. The smallest absolute Gasteiger partial charge is 0.375 e. The fourth-order valence-electron chi connectivity index (χ4n) is 1.53. The predicted octanol–water partition coefficient (Wildman–Crippen LogP) is 2.52. The molecule has 1 aromatic heterocycles. The Bertz CT molecular complexity index is 768. The van der Waals surface area contributed by atoms with Crippen molar-refractivity contribution < 1.29 is 32.0 Å². The zero-order chi connectivity index (χ0) is 17.7. The lowest BCUT2D eigenvalue weighted by atomic mass is 10.1. The van der Waals surface area contributed by atoms with Crippen LogP contribution >= 0.6 is 0 Å². The van der Waals surface area contributed by atoms with Crippen LogP contribution in [0.1, 0.15) is 16.2 Å². The Balaban J connectivity index is 2.12. The van der Waals surface area contributed by atoms with E-state index in [1.54, 1.807) is 0 Å². The Morgan fingerprint density at radius 2 is 1.88 bits per heavy atom. The number of ether oxygens (including phenoxy) is 1. The molecule has 1 heterocycles. The number of hydrogen-bond donors (Lipinski definition) is 0. The van der Waals surface area contributed by atoms with Gasteiger partial charge in [-0.3, -0.25) is 9.59 Å². The third-order valence-corrected chi connectivity index (χ3v) is 2.58. The van der Waals surface area contributed by atoms with Gasteiger partial charge in [-0.1, -0.05) is 17.3 Å². The van der Waals surface area contributed by atoms with Crippen LogP contribution in [-0.2, 0) is 15.7 Å². The van der Waals surface area contributed by atoms with E-state index >= 15 is 0 Å². The zero-order valence-electron chi connectivity index (χ0n) is 12.1. The number of carbonyl (C=O) groups excluding carboxylic acids is 2. The minimum absolute atomic E-state index is 0.0762. The van der Waals surface area contributed by atoms with Crippen molar-refractivity contribution in [1.82, 2.24) is 10.1 Å². The molecular weight excluding hydrogens is 333 g/mol. The molecule has 0 radical (unpaired) electrons. The summed E-state index contributed by atoms with van der Waals surface area (Å²) in [5.41, 5.74) is 0.283. The Labute approximate surface area is 132 Å². The number of methoxy groups -OCH3 is 1. The third kappa shape index (κ3) is 4.29. The van der Waals surface area contributed by atoms with Gasteiger partial charge in [-0.2, -0.15) is 18.2 Å². The average molecular weight is 342 g/mol. The number of nitrogens with zero attached hydrogens (tertiary/aromatic N) is 4. The molecule has 2 aromatic rings. The van der Waals surface area contributed by atoms with Crippen molar-refractivity contribution in [3.63, 3.8) is 0 Å². The maximum atomic E-state index is 12.4. The standard InChI is InChI=1S/C13H9F3N4O4/c1-23-6-9(21)18-19-11(22)8-4-2-7(3-5-8)10-17-12(24-20-10)13(14,15)16/h2-5H,6H2,1H3. The predicted molar refractivity (Wildman–Crippen MR) is 70.8 cm³/mol. The van der Waals surface area contributed by atoms with E-state index in [-0.39, 0.29) is 23.6 Å². The first kappa shape index (κ1) is 17.4. The first-order chi connectivity index (χ1) is 11.3. The molecule has 0 fully saturated rings. The zero-order valence-corrected chi connectivity index (χ0v) is 12.1. The first-order valence-electron chi connectivity index (χ1n) is 6.30. The van der Waals surface area contributed by atoms with Gasteiger partial charge in [-0.25, -0.2) is 0 Å². The number of alkyl halides is 3. The molecule has 0 bridgehead atoms. The number of azo groups is 1. The first-order valence-corrected chi connectivity index (χ1v) is 6.30. The molecule has 126 valence electrons. The number of carbonyl (C=O) groups is 2. The molecule has 0 atom stereocenters. The molecule has 24 heavy (non-hydrogen) atoms. The number of aromatic nitrogens is 2. The lowest BCUT2D eigenvalue weighted by Crippen LogP contribution is -2.04. The number of amides is 2. The van der Waals surface area contributed by atoms with E-state index in [2.05, 4.69) is 29.6 Å². The van der Waals surface area contributed by atoms with Gasteiger partial charge in [-0.15, -0.1) is 10.2 Å². The van der Waals surface area contributed by atoms with E-state index < -0.39 is 23.9 Å². The van der Waals surface area contributed by atoms with Crippen molar-refractivity contribution >= 4 is 11.8 Å². The molecule has 0 unspecified atom stereocenters. The van der Waals surface area contributed by atoms with Crippen LogP contribution in [-0.4, -0.2) is 35.7 Å². The van der Waals surface area contributed by atoms with Crippen molar-refractivity contribution in [2.75, 3.05) is 13.7 Å². The van der Waals surface area contributed by atoms with Gasteiger partial charge in [0.1, 0.15) is 6.61 Å². The summed E-state index contributed by atoms with van der Waals surface area (Å²) in [7, 11) is 1.29. The van der Waals surface area contributed by atoms with Crippen LogP contribution in [0.4, 0.5) is 13.2 Å². The molecule has 0 aliphatic carbocycles. The largest absolute Gasteiger partial charge is 0.471 e. The molecule has 11 heteroatoms. The van der Waals surface area contributed by atoms with Crippen LogP contribution in [0.3, 0.4) is 0 Å². The van der Waals surface area contributed by atoms with Crippen LogP contribution in [0.5, 0.6) is 0 Å². The average Bonchev–Trinajstić information content (AvgIpc) is 3.03. The van der Waals surface area contributed by atoms with E-state index in [1.807, 2.05) is 0 Å². The van der Waals surface area contributed by atoms with Crippen molar-refractivity contribution in [1.29, 1.82) is 0 Å². The molecule has 0 aliphatic heterocycles. The molecule has 0 saturated heterocycles. The molecule has 2 amide bonds. The number of halogens is 3. The molecule has 0 spiro atoms. The van der Waals surface area contributed by atoms with Crippen molar-refractivity contribution in [3.8, 4) is 11.4 Å². The van der Waals surface area contributed by atoms with Gasteiger partial charge >= 0.3 is 12.1 Å². The summed E-state index contributed by atoms with van der Waals surface area (Å²) < 4.78 is 45.8. The monoisotopic (exact) mass is 342 g/mol. The molecule has 2 rings (SSSR count). The van der Waals surface area contributed by atoms with Crippen LogP contribution in [0.2, 0.25) is 0 Å². The SMILES string of the molecule is COCC(=O)N=NC(=O)c1ccc(-c2noc(C(F)(F)F)n2)cc1. The van der Waals surface area contributed by atoms with Gasteiger partial charge in [0.15, 0.2) is 0 Å². The summed E-state index contributed by atoms with van der Waals surface area (Å²) >= 11 is 0. The highest BCUT2D eigenvalue weighted by Crippen LogP contribution is 2.29. The fraction of sp³-hybridized carbons (Fsp3) is 0.231. The van der Waals surface area contributed by atoms with Gasteiger partial charge in [0.25, 0.3) is 11.8 Å². The van der Waals surface area contributed by atoms with Crippen molar-refractivity contribution in [2.45, 2.75) is 6.18 Å². The third-order valence-electron chi connectivity index (χ3n) is 2.58. The number of hydrogen-bond acceptors (Lipinski definition) is 6. The minimum atomic E-state index is -4.74. The normalized spacial score (nSPS) is 11.8. The highest BCUT2D eigenvalue weighted by atomic mass is 19.4. The van der Waals surface area contributed by atoms with E-state index in [0.29, 0.717) is 0 Å². The molecule has 1 aromatic carbocycles. The van der Waals surface area contributed by atoms with Crippen molar-refractivity contribution in [2.24, 2.45) is 10.2 Å². The van der Waals surface area contributed by atoms with E-state index in [9.17, 15) is 22.8 Å². The summed E-state index contributed by atoms with van der Waals surface area (Å²) in [6.07, 6.45) is -4.74. The fourth-order valence-corrected chi connectivity index (χ4v) is 1.53. The highest BCUT2D eigenvalue weighted by Gasteiger charge is 2.38. The Morgan fingerprint density at radius 3 is 2.42 bits per heavy atom. The minimum Gasteiger partial charge on any atom is -0.375 e. The van der Waals surface area contributed by atoms with Gasteiger partial charge in [0.2, 0.25) is 5.82 Å². The van der Waals surface area contributed by atoms with E-state index in [1.165, 1.54) is 31.4 Å². The summed E-state index contributed by atoms with van der Waals surface area (Å²) in [6, 6.07) is 5.18. The summed E-state index contributed by atoms with van der Waals surface area (Å²) in [5, 5.41) is 9.57. The lowest BCUT2D eigenvalue weighted by molar-refractivity contribution is -0.159. The Kier molecular flexibility index (Phi) is 5.14. The quantitative estimate of drug-likeness (QED) is 0.790. The Morgan fingerprint density at radius 1 is 1.21 bits per heavy atom. The highest BCUT2D eigenvalue weighted by molar-refractivity contribution is 5.95. The second kappa shape index (κ2) is 7.08. The topological polar surface area (TPSA) is 107 Å². The molecule has 0 N–H and O–H groups in total. The van der Waals surface area contributed by atoms with Gasteiger partial charge in [-0.05, 0) is 12.1 Å². The second-order valence-corrected chi connectivity index (χ2v) is 4.33. The molecular formula is C13H9F3N4O4. The van der Waals surface area contributed by atoms with Crippen molar-refractivity contribution in [3.05, 3.63) is 35.7 Å². The number of benzene rings is 1. The number of rotatable bonds is 4. The maximum absolute atomic E-state index is 12.4. The van der Waals surface area contributed by atoms with E-state index in [4.69, 9.17) is 0 Å². The van der Waals surface area contributed by atoms with Crippen LogP contribution in [0, 0.1) is 0 Å². The van der Waals surface area contributed by atoms with Crippen LogP contribution in [0.15, 0.2) is 39.0 Å². The summed E-state index contributed by atoms with van der Waals surface area (Å²) in [6.45, 7) is -0.310. The molecule has 0 saturated carbocycles. The second-order valence-electron chi connectivity index (χ2n) is 4.33. The van der Waals surface area contributed by atoms with Crippen LogP contribution < -0.4 is 0 Å². The van der Waals surface area contributed by atoms with Gasteiger partial charge < -0.3 is 9.26 Å². The maximum Gasteiger partial charge on any atom is 0.471 e. The van der Waals surface area contributed by atoms with Gasteiger partial charge in [0.05, 0.1) is 0 Å². The molecule has 0 aliphatic rings. The van der Waals surface area contributed by atoms with E-state index in [0.717, 1.165) is 0 Å². The summed E-state index contributed by atoms with van der Waals surface area (Å²) in [5.74, 6) is -3.27. The Hall–Kier alpha value is -2.95.